The van der Waals surface area contributed by atoms with Crippen molar-refractivity contribution in [2.24, 2.45) is 10.7 Å². The molecule has 1 amide bonds. The van der Waals surface area contributed by atoms with E-state index in [1.807, 2.05) is 42.5 Å². The van der Waals surface area contributed by atoms with Crippen LogP contribution in [0, 0.1) is 0 Å². The zero-order valence-corrected chi connectivity index (χ0v) is 16.1. The van der Waals surface area contributed by atoms with Gasteiger partial charge >= 0.3 is 0 Å². The Hall–Kier alpha value is -3.93. The summed E-state index contributed by atoms with van der Waals surface area (Å²) in [7, 11) is 1.56. The number of amides is 1. The lowest BCUT2D eigenvalue weighted by molar-refractivity contribution is -0.117. The second kappa shape index (κ2) is 9.85. The number of rotatable bonds is 7. The fourth-order valence-corrected chi connectivity index (χ4v) is 2.64. The fraction of sp³-hybridized carbons (Fsp3) is 0.0870. The van der Waals surface area contributed by atoms with Crippen molar-refractivity contribution in [3.05, 3.63) is 90.3 Å². The summed E-state index contributed by atoms with van der Waals surface area (Å²) < 4.78 is 5.13. The second-order valence-corrected chi connectivity index (χ2v) is 6.18. The van der Waals surface area contributed by atoms with Crippen LogP contribution in [-0.4, -0.2) is 24.2 Å². The number of aliphatic imine (C=N–C) groups is 1. The van der Waals surface area contributed by atoms with Crippen molar-refractivity contribution in [3.8, 4) is 16.9 Å². The summed E-state index contributed by atoms with van der Waals surface area (Å²) >= 11 is 0. The molecule has 2 aromatic carbocycles. The lowest BCUT2D eigenvalue weighted by Gasteiger charge is -2.07. The maximum Gasteiger partial charge on any atom is 0.254 e. The number of benzene rings is 2. The highest BCUT2D eigenvalue weighted by Gasteiger charge is 2.07. The van der Waals surface area contributed by atoms with E-state index in [2.05, 4.69) is 27.4 Å². The van der Waals surface area contributed by atoms with Crippen molar-refractivity contribution in [1.82, 2.24) is 10.3 Å². The average Bonchev–Trinajstić information content (AvgIpc) is 2.79. The quantitative estimate of drug-likeness (QED) is 0.479. The number of hydrogen-bond donors (Lipinski definition) is 2. The molecule has 0 saturated carbocycles. The minimum atomic E-state index is -0.314. The van der Waals surface area contributed by atoms with Crippen LogP contribution in [0.25, 0.3) is 11.1 Å². The molecular weight excluding hydrogens is 364 g/mol. The first-order valence-corrected chi connectivity index (χ1v) is 9.08. The number of hydrogen-bond acceptors (Lipinski definition) is 5. The maximum absolute atomic E-state index is 12.4. The van der Waals surface area contributed by atoms with E-state index in [0.717, 1.165) is 16.7 Å². The van der Waals surface area contributed by atoms with Crippen LogP contribution in [0.5, 0.6) is 5.75 Å². The third-order valence-corrected chi connectivity index (χ3v) is 4.24. The summed E-state index contributed by atoms with van der Waals surface area (Å²) in [6, 6.07) is 21.6. The lowest BCUT2D eigenvalue weighted by atomic mass is 10.0. The van der Waals surface area contributed by atoms with E-state index in [1.165, 1.54) is 12.4 Å². The summed E-state index contributed by atoms with van der Waals surface area (Å²) in [6.45, 7) is 0.385. The number of aromatic nitrogens is 1. The van der Waals surface area contributed by atoms with Crippen LogP contribution in [0.2, 0.25) is 0 Å². The predicted octanol–water partition coefficient (Wildman–Crippen LogP) is 3.62. The van der Waals surface area contributed by atoms with Gasteiger partial charge < -0.3 is 15.8 Å². The molecule has 0 aliphatic heterocycles. The van der Waals surface area contributed by atoms with E-state index in [0.29, 0.717) is 18.1 Å². The SMILES string of the molecule is COc1ccnc(N=C/C(=C\N)C(=O)NCc2ccc(-c3ccccc3)cc2)c1. The molecule has 0 spiro atoms. The number of carbonyl (C=O) groups excluding carboxylic acids is 1. The number of nitrogens with two attached hydrogens (primary N) is 1. The molecule has 0 aliphatic carbocycles. The van der Waals surface area contributed by atoms with Gasteiger partial charge in [-0.3, -0.25) is 4.79 Å². The van der Waals surface area contributed by atoms with Crippen LogP contribution < -0.4 is 15.8 Å². The third-order valence-electron chi connectivity index (χ3n) is 4.24. The Labute approximate surface area is 169 Å². The molecular formula is C23H22N4O2. The fourth-order valence-electron chi connectivity index (χ4n) is 2.64. The first-order chi connectivity index (χ1) is 14.2. The number of pyridine rings is 1. The monoisotopic (exact) mass is 386 g/mol. The predicted molar refractivity (Wildman–Crippen MR) is 115 cm³/mol. The van der Waals surface area contributed by atoms with E-state index < -0.39 is 0 Å². The molecule has 3 aromatic rings. The lowest BCUT2D eigenvalue weighted by Crippen LogP contribution is -2.25. The Kier molecular flexibility index (Phi) is 6.73. The Morgan fingerprint density at radius 1 is 1.10 bits per heavy atom. The highest BCUT2D eigenvalue weighted by atomic mass is 16.5. The van der Waals surface area contributed by atoms with Gasteiger partial charge in [0.15, 0.2) is 5.82 Å². The molecule has 29 heavy (non-hydrogen) atoms. The molecule has 0 radical (unpaired) electrons. The van der Waals surface area contributed by atoms with E-state index >= 15 is 0 Å². The van der Waals surface area contributed by atoms with Gasteiger partial charge in [0, 0.05) is 31.2 Å². The molecule has 0 unspecified atom stereocenters. The normalized spacial score (nSPS) is 11.4. The van der Waals surface area contributed by atoms with E-state index in [-0.39, 0.29) is 11.5 Å². The summed E-state index contributed by atoms with van der Waals surface area (Å²) in [6.07, 6.45) is 4.18. The highest BCUT2D eigenvalue weighted by molar-refractivity contribution is 6.12. The molecule has 1 aromatic heterocycles. The number of methoxy groups -OCH3 is 1. The van der Waals surface area contributed by atoms with Crippen LogP contribution in [0.4, 0.5) is 5.82 Å². The van der Waals surface area contributed by atoms with Gasteiger partial charge in [0.25, 0.3) is 5.91 Å². The van der Waals surface area contributed by atoms with E-state index in [1.54, 1.807) is 25.4 Å². The van der Waals surface area contributed by atoms with Crippen molar-refractivity contribution in [2.75, 3.05) is 7.11 Å². The van der Waals surface area contributed by atoms with Gasteiger partial charge in [-0.05, 0) is 22.8 Å². The van der Waals surface area contributed by atoms with Gasteiger partial charge in [0.1, 0.15) is 5.75 Å². The summed E-state index contributed by atoms with van der Waals surface area (Å²) in [5.41, 5.74) is 9.10. The molecule has 0 fully saturated rings. The summed E-state index contributed by atoms with van der Waals surface area (Å²) in [5, 5.41) is 2.84. The van der Waals surface area contributed by atoms with Crippen molar-refractivity contribution in [1.29, 1.82) is 0 Å². The number of nitrogens with zero attached hydrogens (tertiary/aromatic N) is 2. The van der Waals surface area contributed by atoms with Crippen LogP contribution in [-0.2, 0) is 11.3 Å². The highest BCUT2D eigenvalue weighted by Crippen LogP contribution is 2.19. The Balaban J connectivity index is 1.59. The van der Waals surface area contributed by atoms with E-state index in [9.17, 15) is 4.79 Å². The number of carbonyl (C=O) groups is 1. The second-order valence-electron chi connectivity index (χ2n) is 6.18. The molecule has 6 heteroatoms. The standard InChI is InChI=1S/C23H22N4O2/c1-29-21-11-12-25-22(13-21)26-16-20(14-24)23(28)27-15-17-7-9-19(10-8-17)18-5-3-2-4-6-18/h2-14,16H,15,24H2,1H3,(H,27,28)/b20-14+,26-16?. The summed E-state index contributed by atoms with van der Waals surface area (Å²) in [4.78, 5) is 20.7. The molecule has 6 nitrogen and oxygen atoms in total. The molecule has 3 N–H and O–H groups in total. The smallest absolute Gasteiger partial charge is 0.254 e. The molecule has 3 rings (SSSR count). The van der Waals surface area contributed by atoms with Gasteiger partial charge in [-0.2, -0.15) is 0 Å². The average molecular weight is 386 g/mol. The third kappa shape index (κ3) is 5.52. The first-order valence-electron chi connectivity index (χ1n) is 9.08. The van der Waals surface area contributed by atoms with Crippen LogP contribution >= 0.6 is 0 Å². The van der Waals surface area contributed by atoms with Crippen molar-refractivity contribution in [2.45, 2.75) is 6.54 Å². The molecule has 0 atom stereocenters. The van der Waals surface area contributed by atoms with Gasteiger partial charge in [0.05, 0.1) is 12.7 Å². The van der Waals surface area contributed by atoms with Gasteiger partial charge in [0.2, 0.25) is 0 Å². The van der Waals surface area contributed by atoms with Crippen LogP contribution in [0.15, 0.2) is 89.7 Å². The minimum Gasteiger partial charge on any atom is -0.497 e. The number of ether oxygens (including phenoxy) is 1. The summed E-state index contributed by atoms with van der Waals surface area (Å²) in [5.74, 6) is 0.744. The minimum absolute atomic E-state index is 0.246. The van der Waals surface area contributed by atoms with Crippen molar-refractivity contribution < 1.29 is 9.53 Å². The Morgan fingerprint density at radius 3 is 2.52 bits per heavy atom. The first kappa shape index (κ1) is 19.8. The van der Waals surface area contributed by atoms with E-state index in [4.69, 9.17) is 10.5 Å². The van der Waals surface area contributed by atoms with Crippen LogP contribution in [0.3, 0.4) is 0 Å². The van der Waals surface area contributed by atoms with Crippen molar-refractivity contribution >= 4 is 17.9 Å². The molecule has 0 bridgehead atoms. The van der Waals surface area contributed by atoms with Gasteiger partial charge in [-0.25, -0.2) is 9.98 Å². The van der Waals surface area contributed by atoms with Gasteiger partial charge in [-0.15, -0.1) is 0 Å². The van der Waals surface area contributed by atoms with Crippen molar-refractivity contribution in [3.63, 3.8) is 0 Å². The number of nitrogens with one attached hydrogen (secondary N) is 1. The maximum atomic E-state index is 12.4. The van der Waals surface area contributed by atoms with Crippen LogP contribution in [0.1, 0.15) is 5.56 Å². The molecule has 0 aliphatic rings. The molecule has 1 heterocycles. The zero-order chi connectivity index (χ0) is 20.5. The topological polar surface area (TPSA) is 89.6 Å². The Morgan fingerprint density at radius 2 is 1.83 bits per heavy atom. The molecule has 0 saturated heterocycles. The zero-order valence-electron chi connectivity index (χ0n) is 16.1. The molecule has 146 valence electrons. The Bertz CT molecular complexity index is 1010. The largest absolute Gasteiger partial charge is 0.497 e. The van der Waals surface area contributed by atoms with Gasteiger partial charge in [-0.1, -0.05) is 54.6 Å².